The first-order valence-electron chi connectivity index (χ1n) is 6.60. The van der Waals surface area contributed by atoms with Crippen LogP contribution in [-0.2, 0) is 18.7 Å². The van der Waals surface area contributed by atoms with Gasteiger partial charge in [0, 0.05) is 23.6 Å². The number of hydrogen-bond donors (Lipinski definition) is 1. The third-order valence-corrected chi connectivity index (χ3v) is 3.75. The van der Waals surface area contributed by atoms with Gasteiger partial charge in [-0.05, 0) is 18.1 Å². The monoisotopic (exact) mass is 296 g/mol. The quantitative estimate of drug-likeness (QED) is 0.767. The first-order chi connectivity index (χ1) is 9.24. The molecule has 0 aliphatic rings. The molecule has 1 aromatic heterocycles. The van der Waals surface area contributed by atoms with Crippen LogP contribution in [0.5, 0.6) is 0 Å². The van der Waals surface area contributed by atoms with Gasteiger partial charge in [-0.15, -0.1) is 11.6 Å². The van der Waals surface area contributed by atoms with Crippen molar-refractivity contribution >= 4 is 23.2 Å². The van der Waals surface area contributed by atoms with Crippen LogP contribution in [0.2, 0.25) is 5.02 Å². The molecule has 19 heavy (non-hydrogen) atoms. The van der Waals surface area contributed by atoms with Crippen molar-refractivity contribution in [2.45, 2.75) is 38.5 Å². The molecule has 0 unspecified atom stereocenters. The smallest absolute Gasteiger partial charge is 0.106 e. The van der Waals surface area contributed by atoms with E-state index in [-0.39, 0.29) is 0 Å². The van der Waals surface area contributed by atoms with E-state index in [9.17, 15) is 0 Å². The van der Waals surface area contributed by atoms with Crippen molar-refractivity contribution < 1.29 is 0 Å². The molecular formula is C15H18Cl2N2. The van der Waals surface area contributed by atoms with Crippen molar-refractivity contribution in [1.82, 2.24) is 9.97 Å². The van der Waals surface area contributed by atoms with E-state index in [0.29, 0.717) is 5.88 Å². The van der Waals surface area contributed by atoms with Crippen LogP contribution < -0.4 is 0 Å². The number of unbranched alkanes of at least 4 members (excludes halogenated alkanes) is 1. The third-order valence-electron chi connectivity index (χ3n) is 3.13. The maximum Gasteiger partial charge on any atom is 0.106 e. The predicted octanol–water partition coefficient (Wildman–Crippen LogP) is 4.74. The van der Waals surface area contributed by atoms with Crippen LogP contribution in [-0.4, -0.2) is 9.97 Å². The zero-order chi connectivity index (χ0) is 13.7. The van der Waals surface area contributed by atoms with Gasteiger partial charge in [0.2, 0.25) is 0 Å². The molecule has 0 aliphatic heterocycles. The molecule has 4 heteroatoms. The van der Waals surface area contributed by atoms with E-state index in [1.54, 1.807) is 0 Å². The Kier molecular flexibility index (Phi) is 5.29. The number of imidazole rings is 1. The second-order valence-corrected chi connectivity index (χ2v) is 5.29. The molecule has 0 aliphatic carbocycles. The average Bonchev–Trinajstić information content (AvgIpc) is 2.81. The van der Waals surface area contributed by atoms with Crippen molar-refractivity contribution in [3.05, 3.63) is 52.1 Å². The highest BCUT2D eigenvalue weighted by molar-refractivity contribution is 6.31. The number of nitrogens with one attached hydrogen (secondary N) is 1. The number of H-pyrrole nitrogens is 1. The molecule has 0 spiro atoms. The van der Waals surface area contributed by atoms with Crippen molar-refractivity contribution in [3.63, 3.8) is 0 Å². The van der Waals surface area contributed by atoms with Gasteiger partial charge >= 0.3 is 0 Å². The van der Waals surface area contributed by atoms with Crippen LogP contribution in [0.1, 0.15) is 42.5 Å². The normalized spacial score (nSPS) is 10.9. The number of rotatable bonds is 6. The standard InChI is InChI=1S/C15H18Cl2N2/c1-2-3-8-15-18-13(14(10-16)19-15)9-11-6-4-5-7-12(11)17/h4-7H,2-3,8-10H2,1H3,(H,18,19). The lowest BCUT2D eigenvalue weighted by molar-refractivity contribution is 0.759. The number of hydrogen-bond acceptors (Lipinski definition) is 1. The topological polar surface area (TPSA) is 28.7 Å². The average molecular weight is 297 g/mol. The molecule has 0 amide bonds. The summed E-state index contributed by atoms with van der Waals surface area (Å²) in [5, 5.41) is 0.785. The fourth-order valence-electron chi connectivity index (χ4n) is 2.06. The van der Waals surface area contributed by atoms with E-state index in [1.165, 1.54) is 0 Å². The van der Waals surface area contributed by atoms with E-state index < -0.39 is 0 Å². The van der Waals surface area contributed by atoms with Crippen LogP contribution >= 0.6 is 23.2 Å². The van der Waals surface area contributed by atoms with Crippen molar-refractivity contribution in [1.29, 1.82) is 0 Å². The number of aromatic amines is 1. The maximum atomic E-state index is 6.19. The van der Waals surface area contributed by atoms with Gasteiger partial charge in [-0.2, -0.15) is 0 Å². The molecule has 1 aromatic carbocycles. The SMILES string of the molecule is CCCCc1nc(CCl)c(Cc2ccccc2Cl)[nH]1. The van der Waals surface area contributed by atoms with Gasteiger partial charge in [0.1, 0.15) is 5.82 Å². The molecule has 2 aromatic rings. The highest BCUT2D eigenvalue weighted by atomic mass is 35.5. The molecule has 1 heterocycles. The molecule has 1 N–H and O–H groups in total. The summed E-state index contributed by atoms with van der Waals surface area (Å²) in [5.41, 5.74) is 3.11. The summed E-state index contributed by atoms with van der Waals surface area (Å²) in [6.45, 7) is 2.18. The van der Waals surface area contributed by atoms with Crippen LogP contribution in [0.25, 0.3) is 0 Å². The second-order valence-electron chi connectivity index (χ2n) is 4.61. The van der Waals surface area contributed by atoms with Gasteiger partial charge in [-0.3, -0.25) is 0 Å². The van der Waals surface area contributed by atoms with Crippen LogP contribution in [0, 0.1) is 0 Å². The fraction of sp³-hybridized carbons (Fsp3) is 0.400. The van der Waals surface area contributed by atoms with E-state index >= 15 is 0 Å². The summed E-state index contributed by atoms with van der Waals surface area (Å²) in [7, 11) is 0. The molecule has 0 radical (unpaired) electrons. The first kappa shape index (κ1) is 14.4. The molecule has 0 fully saturated rings. The van der Waals surface area contributed by atoms with Gasteiger partial charge in [-0.25, -0.2) is 4.98 Å². The molecule has 0 bridgehead atoms. The molecule has 2 nitrogen and oxygen atoms in total. The van der Waals surface area contributed by atoms with Gasteiger partial charge in [0.15, 0.2) is 0 Å². The Morgan fingerprint density at radius 1 is 1.26 bits per heavy atom. The highest BCUT2D eigenvalue weighted by Crippen LogP contribution is 2.21. The van der Waals surface area contributed by atoms with Crippen LogP contribution in [0.3, 0.4) is 0 Å². The fourth-order valence-corrected chi connectivity index (χ4v) is 2.48. The molecule has 2 rings (SSSR count). The minimum Gasteiger partial charge on any atom is -0.345 e. The number of benzene rings is 1. The van der Waals surface area contributed by atoms with Crippen molar-refractivity contribution in [2.24, 2.45) is 0 Å². The first-order valence-corrected chi connectivity index (χ1v) is 7.51. The summed E-state index contributed by atoms with van der Waals surface area (Å²) in [5.74, 6) is 1.46. The third kappa shape index (κ3) is 3.74. The summed E-state index contributed by atoms with van der Waals surface area (Å²) >= 11 is 12.2. The zero-order valence-electron chi connectivity index (χ0n) is 11.0. The molecule has 0 saturated carbocycles. The van der Waals surface area contributed by atoms with Crippen LogP contribution in [0.4, 0.5) is 0 Å². The number of nitrogens with zero attached hydrogens (tertiary/aromatic N) is 1. The Hall–Kier alpha value is -0.990. The van der Waals surface area contributed by atoms with Gasteiger partial charge in [0.25, 0.3) is 0 Å². The summed E-state index contributed by atoms with van der Waals surface area (Å²) in [4.78, 5) is 7.95. The Bertz CT molecular complexity index is 535. The lowest BCUT2D eigenvalue weighted by atomic mass is 10.1. The Morgan fingerprint density at radius 2 is 2.05 bits per heavy atom. The highest BCUT2D eigenvalue weighted by Gasteiger charge is 2.11. The van der Waals surface area contributed by atoms with Crippen LogP contribution in [0.15, 0.2) is 24.3 Å². The number of halogens is 2. The predicted molar refractivity (Wildman–Crippen MR) is 81.0 cm³/mol. The molecule has 102 valence electrons. The zero-order valence-corrected chi connectivity index (χ0v) is 12.6. The lowest BCUT2D eigenvalue weighted by Gasteiger charge is -2.03. The van der Waals surface area contributed by atoms with Crippen molar-refractivity contribution in [3.8, 4) is 0 Å². The largest absolute Gasteiger partial charge is 0.345 e. The number of alkyl halides is 1. The summed E-state index contributed by atoms with van der Waals surface area (Å²) in [6, 6.07) is 7.88. The van der Waals surface area contributed by atoms with Gasteiger partial charge in [0.05, 0.1) is 11.6 Å². The summed E-state index contributed by atoms with van der Waals surface area (Å²) in [6.07, 6.45) is 4.03. The number of aryl methyl sites for hydroxylation is 1. The minimum atomic E-state index is 0.433. The molecule has 0 atom stereocenters. The van der Waals surface area contributed by atoms with E-state index in [4.69, 9.17) is 23.2 Å². The number of aromatic nitrogens is 2. The maximum absolute atomic E-state index is 6.19. The van der Waals surface area contributed by atoms with E-state index in [0.717, 1.165) is 53.5 Å². The lowest BCUT2D eigenvalue weighted by Crippen LogP contribution is -1.94. The Labute approximate surface area is 124 Å². The molecule has 0 saturated heterocycles. The van der Waals surface area contributed by atoms with E-state index in [1.807, 2.05) is 24.3 Å². The second kappa shape index (κ2) is 6.97. The molecular weight excluding hydrogens is 279 g/mol. The van der Waals surface area contributed by atoms with Crippen molar-refractivity contribution in [2.75, 3.05) is 0 Å². The Balaban J connectivity index is 2.19. The minimum absolute atomic E-state index is 0.433. The van der Waals surface area contributed by atoms with Gasteiger partial charge in [-0.1, -0.05) is 43.1 Å². The van der Waals surface area contributed by atoms with E-state index in [2.05, 4.69) is 16.9 Å². The Morgan fingerprint density at radius 3 is 2.74 bits per heavy atom. The summed E-state index contributed by atoms with van der Waals surface area (Å²) < 4.78 is 0. The van der Waals surface area contributed by atoms with Gasteiger partial charge < -0.3 is 4.98 Å².